The molecule has 1 radical (unpaired) electrons. The molecule has 8 aromatic rings. The average Bonchev–Trinajstić information content (AvgIpc) is 3.37. The molecule has 1 aliphatic rings. The number of hydrogen-bond donors (Lipinski definition) is 0. The van der Waals surface area contributed by atoms with E-state index < -0.39 is 0 Å². The minimum Gasteiger partial charge on any atom is -0.304 e. The third-order valence-corrected chi connectivity index (χ3v) is 13.0. The first kappa shape index (κ1) is 39.0. The molecule has 2 aromatic heterocycles. The van der Waals surface area contributed by atoms with Gasteiger partial charge in [-0.2, -0.15) is 0 Å². The van der Waals surface area contributed by atoms with Crippen molar-refractivity contribution >= 4 is 0 Å². The van der Waals surface area contributed by atoms with Crippen molar-refractivity contribution in [3.8, 4) is 78.8 Å². The molecule has 0 saturated carbocycles. The molecule has 0 saturated heterocycles. The van der Waals surface area contributed by atoms with Crippen LogP contribution in [0.2, 0.25) is 0 Å². The van der Waals surface area contributed by atoms with Crippen molar-refractivity contribution in [2.24, 2.45) is 5.41 Å². The average molecular weight is 930 g/mol. The maximum Gasteiger partial charge on any atom is 0.165 e. The quantitative estimate of drug-likeness (QED) is 0.149. The number of pyridine rings is 1. The Morgan fingerprint density at radius 1 is 0.397 bits per heavy atom. The monoisotopic (exact) mass is 930 g/mol. The van der Waals surface area contributed by atoms with Crippen LogP contribution in [0.4, 0.5) is 0 Å². The van der Waals surface area contributed by atoms with E-state index in [-0.39, 0.29) is 36.4 Å². The summed E-state index contributed by atoms with van der Waals surface area (Å²) < 4.78 is 0. The van der Waals surface area contributed by atoms with Crippen LogP contribution in [0.15, 0.2) is 164 Å². The van der Waals surface area contributed by atoms with Crippen LogP contribution in [0.1, 0.15) is 52.7 Å². The summed E-state index contributed by atoms with van der Waals surface area (Å²) in [6.07, 6.45) is 1.88. The molecule has 6 aromatic carbocycles. The van der Waals surface area contributed by atoms with Crippen molar-refractivity contribution in [3.05, 3.63) is 181 Å². The predicted molar refractivity (Wildman–Crippen MR) is 234 cm³/mol. The van der Waals surface area contributed by atoms with Gasteiger partial charge in [0.25, 0.3) is 0 Å². The van der Waals surface area contributed by atoms with Crippen molar-refractivity contribution in [2.45, 2.75) is 52.4 Å². The Morgan fingerprint density at radius 3 is 1.29 bits per heavy atom. The van der Waals surface area contributed by atoms with E-state index in [0.29, 0.717) is 17.5 Å². The summed E-state index contributed by atoms with van der Waals surface area (Å²) in [6, 6.07) is 58.6. The van der Waals surface area contributed by atoms with E-state index in [9.17, 15) is 0 Å². The Labute approximate surface area is 355 Å². The van der Waals surface area contributed by atoms with Crippen LogP contribution in [-0.4, -0.2) is 19.9 Å². The minimum atomic E-state index is -0.00683. The Hall–Kier alpha value is -5.87. The van der Waals surface area contributed by atoms with Gasteiger partial charge in [0.1, 0.15) is 0 Å². The maximum atomic E-state index is 5.12. The molecule has 2 heterocycles. The van der Waals surface area contributed by atoms with E-state index in [1.54, 1.807) is 0 Å². The first-order valence-corrected chi connectivity index (χ1v) is 19.7. The fraction of sp³-hybridized carbons (Fsp3) is 0.170. The summed E-state index contributed by atoms with van der Waals surface area (Å²) in [5.41, 5.74) is 14.2. The van der Waals surface area contributed by atoms with E-state index in [0.717, 1.165) is 50.2 Å². The molecule has 287 valence electrons. The van der Waals surface area contributed by atoms with Gasteiger partial charge in [-0.15, -0.1) is 34.9 Å². The Balaban J connectivity index is 0.00000469. The third-order valence-electron chi connectivity index (χ3n) is 13.0. The molecule has 0 aliphatic heterocycles. The summed E-state index contributed by atoms with van der Waals surface area (Å²) in [7, 11) is 0. The fourth-order valence-electron chi connectivity index (χ4n) is 8.39. The molecular weight excluding hydrogens is 885 g/mol. The van der Waals surface area contributed by atoms with Gasteiger partial charge < -0.3 is 4.98 Å². The van der Waals surface area contributed by atoms with E-state index >= 15 is 0 Å². The molecule has 0 fully saturated rings. The topological polar surface area (TPSA) is 51.6 Å². The minimum absolute atomic E-state index is 0. The van der Waals surface area contributed by atoms with Gasteiger partial charge in [0.05, 0.1) is 0 Å². The number of benzene rings is 6. The van der Waals surface area contributed by atoms with E-state index in [4.69, 9.17) is 19.9 Å². The Kier molecular flexibility index (Phi) is 10.2. The van der Waals surface area contributed by atoms with Crippen molar-refractivity contribution in [3.63, 3.8) is 0 Å². The smallest absolute Gasteiger partial charge is 0.165 e. The van der Waals surface area contributed by atoms with Crippen molar-refractivity contribution in [2.75, 3.05) is 0 Å². The molecular formula is C53H45IrN4-. The number of rotatable bonds is 7. The fourth-order valence-corrected chi connectivity index (χ4v) is 8.39. The van der Waals surface area contributed by atoms with Gasteiger partial charge in [-0.3, -0.25) is 0 Å². The molecule has 1 aliphatic carbocycles. The van der Waals surface area contributed by atoms with Crippen LogP contribution in [0, 0.1) is 11.5 Å². The van der Waals surface area contributed by atoms with Crippen LogP contribution < -0.4 is 0 Å². The summed E-state index contributed by atoms with van der Waals surface area (Å²) >= 11 is 0. The summed E-state index contributed by atoms with van der Waals surface area (Å²) in [6.45, 7) is 14.2. The summed E-state index contributed by atoms with van der Waals surface area (Å²) in [4.78, 5) is 20.3. The van der Waals surface area contributed by atoms with E-state index in [2.05, 4.69) is 193 Å². The second-order valence-electron chi connectivity index (χ2n) is 16.8. The van der Waals surface area contributed by atoms with Gasteiger partial charge in [-0.1, -0.05) is 169 Å². The van der Waals surface area contributed by atoms with Crippen molar-refractivity contribution in [1.29, 1.82) is 0 Å². The van der Waals surface area contributed by atoms with Gasteiger partial charge in [0, 0.05) is 43.0 Å². The molecule has 58 heavy (non-hydrogen) atoms. The first-order chi connectivity index (χ1) is 27.5. The van der Waals surface area contributed by atoms with Gasteiger partial charge >= 0.3 is 0 Å². The van der Waals surface area contributed by atoms with E-state index in [1.165, 1.54) is 22.3 Å². The van der Waals surface area contributed by atoms with Crippen LogP contribution >= 0.6 is 0 Å². The van der Waals surface area contributed by atoms with Crippen molar-refractivity contribution < 1.29 is 20.1 Å². The SMILES string of the molecule is CC1(C)c2c[c-]c(-c3ccc(-c4nc(-c5cccc(-c6ccccc6)c5)nc(-c5cccc(-c6cccc(-c7ccccc7)c6)c5)n4)cn3)cc2C(C)(C)C1(C)C.[Ir]. The second kappa shape index (κ2) is 15.1. The Morgan fingerprint density at radius 2 is 0.810 bits per heavy atom. The molecule has 0 atom stereocenters. The zero-order valence-electron chi connectivity index (χ0n) is 33.7. The molecule has 0 bridgehead atoms. The molecule has 0 unspecified atom stereocenters. The zero-order chi connectivity index (χ0) is 39.4. The van der Waals surface area contributed by atoms with Gasteiger partial charge in [-0.05, 0) is 73.5 Å². The molecule has 0 amide bonds. The molecule has 0 spiro atoms. The Bertz CT molecular complexity index is 2750. The first-order valence-electron chi connectivity index (χ1n) is 19.7. The normalized spacial score (nSPS) is 14.7. The largest absolute Gasteiger partial charge is 0.304 e. The van der Waals surface area contributed by atoms with Crippen LogP contribution in [0.25, 0.3) is 78.8 Å². The van der Waals surface area contributed by atoms with Gasteiger partial charge in [-0.25, -0.2) is 15.0 Å². The molecule has 0 N–H and O–H groups in total. The van der Waals surface area contributed by atoms with Gasteiger partial charge in [0.15, 0.2) is 17.5 Å². The van der Waals surface area contributed by atoms with Crippen LogP contribution in [-0.2, 0) is 30.9 Å². The standard InChI is InChI=1S/C53H45N4.Ir/c1-51(2)45-28-26-41(33-46(45)52(3,4)53(51,5)6)47-29-27-44(34-54-47)50-56-48(42-24-14-21-38(31-42)36-18-11-8-12-19-36)55-49(57-50)43-25-15-23-40(32-43)39-22-13-20-37(30-39)35-16-9-7-10-17-35;/h7-25,27-34H,1-6H3;/q-1;. The molecule has 9 rings (SSSR count). The predicted octanol–water partition coefficient (Wildman–Crippen LogP) is 13.3. The number of aromatic nitrogens is 4. The third kappa shape index (κ3) is 6.83. The number of nitrogens with zero attached hydrogens (tertiary/aromatic N) is 4. The number of hydrogen-bond acceptors (Lipinski definition) is 4. The zero-order valence-corrected chi connectivity index (χ0v) is 36.1. The van der Waals surface area contributed by atoms with Gasteiger partial charge in [0.2, 0.25) is 0 Å². The van der Waals surface area contributed by atoms with Crippen LogP contribution in [0.3, 0.4) is 0 Å². The second-order valence-corrected chi connectivity index (χ2v) is 16.8. The number of fused-ring (bicyclic) bond motifs is 1. The van der Waals surface area contributed by atoms with E-state index in [1.807, 2.05) is 18.3 Å². The molecule has 4 nitrogen and oxygen atoms in total. The summed E-state index contributed by atoms with van der Waals surface area (Å²) in [5.74, 6) is 1.77. The van der Waals surface area contributed by atoms with Crippen molar-refractivity contribution in [1.82, 2.24) is 19.9 Å². The maximum absolute atomic E-state index is 5.12. The van der Waals surface area contributed by atoms with Crippen LogP contribution in [0.5, 0.6) is 0 Å². The summed E-state index contributed by atoms with van der Waals surface area (Å²) in [5, 5.41) is 0. The molecule has 5 heteroatoms.